The topological polar surface area (TPSA) is 113 Å². The average Bonchev–Trinajstić information content (AvgIpc) is 3.10. The van der Waals surface area contributed by atoms with Gasteiger partial charge >= 0.3 is 5.69 Å². The Morgan fingerprint density at radius 2 is 1.81 bits per heavy atom. The van der Waals surface area contributed by atoms with Crippen LogP contribution in [0.3, 0.4) is 0 Å². The Balaban J connectivity index is 0.00000272. The van der Waals surface area contributed by atoms with Crippen molar-refractivity contribution in [3.05, 3.63) is 74.7 Å². The Labute approximate surface area is 184 Å². The second-order valence-corrected chi connectivity index (χ2v) is 7.42. The Kier molecular flexibility index (Phi) is 7.09. The van der Waals surface area contributed by atoms with E-state index in [0.29, 0.717) is 13.1 Å². The zero-order valence-corrected chi connectivity index (χ0v) is 17.6. The molecule has 1 amide bonds. The number of piperidine rings is 1. The lowest BCUT2D eigenvalue weighted by atomic mass is 10.0. The van der Waals surface area contributed by atoms with Gasteiger partial charge in [-0.25, -0.2) is 4.79 Å². The normalized spacial score (nSPS) is 14.8. The van der Waals surface area contributed by atoms with Gasteiger partial charge in [-0.05, 0) is 31.0 Å². The van der Waals surface area contributed by atoms with Gasteiger partial charge in [-0.15, -0.1) is 12.4 Å². The number of aromatic amines is 1. The first-order valence-electron chi connectivity index (χ1n) is 9.98. The number of likely N-dealkylation sites (tertiary alicyclic amines) is 1. The molecule has 0 saturated carbocycles. The second-order valence-electron chi connectivity index (χ2n) is 7.42. The second kappa shape index (κ2) is 9.76. The highest BCUT2D eigenvalue weighted by Gasteiger charge is 2.24. The van der Waals surface area contributed by atoms with E-state index in [1.54, 1.807) is 6.07 Å². The van der Waals surface area contributed by atoms with Gasteiger partial charge in [0.2, 0.25) is 0 Å². The predicted molar refractivity (Wildman–Crippen MR) is 120 cm³/mol. The van der Waals surface area contributed by atoms with Crippen molar-refractivity contribution in [2.75, 3.05) is 26.2 Å². The van der Waals surface area contributed by atoms with Crippen LogP contribution in [0.5, 0.6) is 0 Å². The standard InChI is InChI=1S/C21H23N5O4.ClH/c27-20(16-5-1-3-7-18(16)26(29)30)22-11-14-24-12-9-15(10-13-24)25-19-8-4-2-6-17(19)23-21(25)28;/h1-8,15H,9-14H2,(H,22,27)(H,23,28);1H. The number of benzene rings is 2. The van der Waals surface area contributed by atoms with Crippen LogP contribution < -0.4 is 11.0 Å². The Morgan fingerprint density at radius 1 is 1.13 bits per heavy atom. The monoisotopic (exact) mass is 445 g/mol. The molecular weight excluding hydrogens is 422 g/mol. The van der Waals surface area contributed by atoms with Crippen LogP contribution in [0.25, 0.3) is 11.0 Å². The predicted octanol–water partition coefficient (Wildman–Crippen LogP) is 2.73. The molecule has 1 saturated heterocycles. The lowest BCUT2D eigenvalue weighted by molar-refractivity contribution is -0.385. The zero-order valence-electron chi connectivity index (χ0n) is 16.8. The lowest BCUT2D eigenvalue weighted by Gasteiger charge is -2.32. The highest BCUT2D eigenvalue weighted by Crippen LogP contribution is 2.24. The number of rotatable bonds is 6. The number of halogens is 1. The van der Waals surface area contributed by atoms with Gasteiger partial charge in [-0.2, -0.15) is 0 Å². The molecule has 0 unspecified atom stereocenters. The molecule has 9 nitrogen and oxygen atoms in total. The van der Waals surface area contributed by atoms with Gasteiger partial charge in [-0.3, -0.25) is 19.5 Å². The highest BCUT2D eigenvalue weighted by molar-refractivity contribution is 5.98. The molecule has 4 rings (SSSR count). The number of amides is 1. The quantitative estimate of drug-likeness (QED) is 0.447. The number of para-hydroxylation sites is 3. The summed E-state index contributed by atoms with van der Waals surface area (Å²) >= 11 is 0. The number of imidazole rings is 1. The summed E-state index contributed by atoms with van der Waals surface area (Å²) in [6.07, 6.45) is 1.69. The number of carbonyl (C=O) groups is 1. The minimum absolute atomic E-state index is 0. The minimum atomic E-state index is -0.549. The molecule has 3 aromatic rings. The van der Waals surface area contributed by atoms with Crippen molar-refractivity contribution in [1.82, 2.24) is 19.8 Å². The summed E-state index contributed by atoms with van der Waals surface area (Å²) in [5, 5.41) is 13.8. The number of nitro groups is 1. The molecule has 2 aromatic carbocycles. The number of carbonyl (C=O) groups excluding carboxylic acids is 1. The SMILES string of the molecule is Cl.O=C(NCCN1CCC(n2c(=O)[nH]c3ccccc32)CC1)c1ccccc1[N+](=O)[O-]. The van der Waals surface area contributed by atoms with Gasteiger partial charge in [0.15, 0.2) is 0 Å². The van der Waals surface area contributed by atoms with Crippen LogP contribution in [0.2, 0.25) is 0 Å². The number of hydrogen-bond acceptors (Lipinski definition) is 5. The van der Waals surface area contributed by atoms with Gasteiger partial charge < -0.3 is 15.2 Å². The smallest absolute Gasteiger partial charge is 0.326 e. The van der Waals surface area contributed by atoms with E-state index in [4.69, 9.17) is 0 Å². The molecule has 2 N–H and O–H groups in total. The molecule has 1 aliphatic rings. The van der Waals surface area contributed by atoms with E-state index in [1.807, 2.05) is 28.8 Å². The van der Waals surface area contributed by atoms with Crippen LogP contribution >= 0.6 is 12.4 Å². The average molecular weight is 446 g/mol. The van der Waals surface area contributed by atoms with Crippen LogP contribution in [-0.2, 0) is 0 Å². The minimum Gasteiger partial charge on any atom is -0.351 e. The lowest BCUT2D eigenvalue weighted by Crippen LogP contribution is -2.41. The molecule has 2 heterocycles. The summed E-state index contributed by atoms with van der Waals surface area (Å²) < 4.78 is 1.85. The molecule has 0 atom stereocenters. The fourth-order valence-corrected chi connectivity index (χ4v) is 4.09. The molecule has 1 aromatic heterocycles. The van der Waals surface area contributed by atoms with Crippen molar-refractivity contribution >= 4 is 35.0 Å². The van der Waals surface area contributed by atoms with Gasteiger partial charge in [0.25, 0.3) is 11.6 Å². The van der Waals surface area contributed by atoms with Gasteiger partial charge in [-0.1, -0.05) is 24.3 Å². The van der Waals surface area contributed by atoms with E-state index < -0.39 is 10.8 Å². The van der Waals surface area contributed by atoms with Crippen molar-refractivity contribution in [2.24, 2.45) is 0 Å². The molecule has 1 fully saturated rings. The van der Waals surface area contributed by atoms with Crippen molar-refractivity contribution in [3.63, 3.8) is 0 Å². The highest BCUT2D eigenvalue weighted by atomic mass is 35.5. The largest absolute Gasteiger partial charge is 0.351 e. The Bertz CT molecular complexity index is 1130. The van der Waals surface area contributed by atoms with E-state index in [0.717, 1.165) is 37.0 Å². The van der Waals surface area contributed by atoms with E-state index in [2.05, 4.69) is 15.2 Å². The molecule has 0 bridgehead atoms. The molecular formula is C21H24ClN5O4. The van der Waals surface area contributed by atoms with Crippen LogP contribution in [0.4, 0.5) is 5.69 Å². The summed E-state index contributed by atoms with van der Waals surface area (Å²) in [5.41, 5.74) is 1.58. The number of fused-ring (bicyclic) bond motifs is 1. The molecule has 31 heavy (non-hydrogen) atoms. The van der Waals surface area contributed by atoms with Crippen molar-refractivity contribution < 1.29 is 9.72 Å². The number of H-pyrrole nitrogens is 1. The molecule has 10 heteroatoms. The maximum Gasteiger partial charge on any atom is 0.326 e. The third-order valence-corrected chi connectivity index (χ3v) is 5.61. The van der Waals surface area contributed by atoms with E-state index in [-0.39, 0.29) is 35.4 Å². The van der Waals surface area contributed by atoms with Crippen molar-refractivity contribution in [2.45, 2.75) is 18.9 Å². The summed E-state index contributed by atoms with van der Waals surface area (Å²) in [6, 6.07) is 13.8. The van der Waals surface area contributed by atoms with Crippen molar-refractivity contribution in [1.29, 1.82) is 0 Å². The number of nitrogens with zero attached hydrogens (tertiary/aromatic N) is 3. The van der Waals surface area contributed by atoms with Gasteiger partial charge in [0.05, 0.1) is 16.0 Å². The summed E-state index contributed by atoms with van der Waals surface area (Å²) in [7, 11) is 0. The maximum atomic E-state index is 12.4. The molecule has 0 aliphatic carbocycles. The number of nitro benzene ring substituents is 1. The van der Waals surface area contributed by atoms with Gasteiger partial charge in [0.1, 0.15) is 5.56 Å². The van der Waals surface area contributed by atoms with E-state index in [9.17, 15) is 19.7 Å². The molecule has 0 radical (unpaired) electrons. The third-order valence-electron chi connectivity index (χ3n) is 5.61. The van der Waals surface area contributed by atoms with E-state index >= 15 is 0 Å². The summed E-state index contributed by atoms with van der Waals surface area (Å²) in [5.74, 6) is -0.442. The fraction of sp³-hybridized carbons (Fsp3) is 0.333. The van der Waals surface area contributed by atoms with Crippen molar-refractivity contribution in [3.8, 4) is 0 Å². The number of hydrogen-bond donors (Lipinski definition) is 2. The van der Waals surface area contributed by atoms with E-state index in [1.165, 1.54) is 18.2 Å². The Morgan fingerprint density at radius 3 is 2.55 bits per heavy atom. The fourth-order valence-electron chi connectivity index (χ4n) is 4.09. The third kappa shape index (κ3) is 4.78. The first kappa shape index (κ1) is 22.5. The molecule has 0 spiro atoms. The van der Waals surface area contributed by atoms with Crippen LogP contribution in [0.15, 0.2) is 53.3 Å². The summed E-state index contributed by atoms with van der Waals surface area (Å²) in [6.45, 7) is 2.69. The zero-order chi connectivity index (χ0) is 21.1. The number of nitrogens with one attached hydrogen (secondary N) is 2. The van der Waals surface area contributed by atoms with Crippen LogP contribution in [-0.4, -0.2) is 51.5 Å². The first-order chi connectivity index (χ1) is 14.5. The maximum absolute atomic E-state index is 12.4. The number of aromatic nitrogens is 2. The van der Waals surface area contributed by atoms with Crippen LogP contribution in [0, 0.1) is 10.1 Å². The van der Waals surface area contributed by atoms with Gasteiger partial charge in [0, 0.05) is 38.3 Å². The van der Waals surface area contributed by atoms with Crippen LogP contribution in [0.1, 0.15) is 29.2 Å². The first-order valence-corrected chi connectivity index (χ1v) is 9.98. The molecule has 1 aliphatic heterocycles. The Hall–Kier alpha value is -3.17. The molecule has 164 valence electrons. The summed E-state index contributed by atoms with van der Waals surface area (Å²) in [4.78, 5) is 40.3.